The summed E-state index contributed by atoms with van der Waals surface area (Å²) in [6, 6.07) is 13.9. The van der Waals surface area contributed by atoms with Crippen LogP contribution >= 0.6 is 0 Å². The van der Waals surface area contributed by atoms with Crippen LogP contribution in [0.25, 0.3) is 16.9 Å². The zero-order valence-corrected chi connectivity index (χ0v) is 13.3. The number of aromatic nitrogens is 2. The summed E-state index contributed by atoms with van der Waals surface area (Å²) < 4.78 is 7.20. The molecule has 1 aromatic heterocycles. The fraction of sp³-hybridized carbons (Fsp3) is 0.111. The molecule has 2 aromatic carbocycles. The highest BCUT2D eigenvalue weighted by Crippen LogP contribution is 2.40. The van der Waals surface area contributed by atoms with Gasteiger partial charge in [0.25, 0.3) is 5.69 Å². The predicted octanol–water partition coefficient (Wildman–Crippen LogP) is 3.28. The number of nitro groups is 1. The first kappa shape index (κ1) is 15.1. The van der Waals surface area contributed by atoms with E-state index < -0.39 is 10.9 Å². The minimum atomic E-state index is -0.458. The molecule has 0 N–H and O–H groups in total. The number of hydrogen-bond acceptors (Lipinski definition) is 5. The summed E-state index contributed by atoms with van der Waals surface area (Å²) in [5.74, 6) is -0.0347. The van der Waals surface area contributed by atoms with Gasteiger partial charge in [0.15, 0.2) is 5.75 Å². The van der Waals surface area contributed by atoms with E-state index in [0.717, 1.165) is 16.9 Å². The lowest BCUT2D eigenvalue weighted by Gasteiger charge is -2.04. The number of nitrogens with zero attached hydrogens (tertiary/aromatic N) is 3. The number of fused-ring (bicyclic) bond motifs is 3. The maximum atomic E-state index is 11.6. The lowest BCUT2D eigenvalue weighted by molar-refractivity contribution is -0.384. The van der Waals surface area contributed by atoms with Crippen molar-refractivity contribution in [1.82, 2.24) is 9.78 Å². The van der Waals surface area contributed by atoms with Crippen molar-refractivity contribution in [3.05, 3.63) is 69.9 Å². The standard InChI is InChI=1S/C18H13N3O4/c1-11(22)25-18-16-10-13-4-2-3-5-15(13)20(16)19-17(18)12-6-8-14(9-7-12)21(23)24/h2-9H,10H2,1H3. The first-order valence-electron chi connectivity index (χ1n) is 7.68. The maximum Gasteiger partial charge on any atom is 0.308 e. The lowest BCUT2D eigenvalue weighted by Crippen LogP contribution is -2.03. The Bertz CT molecular complexity index is 1010. The zero-order chi connectivity index (χ0) is 17.6. The van der Waals surface area contributed by atoms with E-state index in [4.69, 9.17) is 4.74 Å². The molecule has 2 heterocycles. The van der Waals surface area contributed by atoms with Crippen molar-refractivity contribution in [3.63, 3.8) is 0 Å². The fourth-order valence-electron chi connectivity index (χ4n) is 3.02. The second kappa shape index (κ2) is 5.55. The van der Waals surface area contributed by atoms with Crippen LogP contribution in [0.15, 0.2) is 48.5 Å². The van der Waals surface area contributed by atoms with Gasteiger partial charge in [-0.1, -0.05) is 18.2 Å². The average molecular weight is 335 g/mol. The summed E-state index contributed by atoms with van der Waals surface area (Å²) in [5.41, 5.74) is 3.99. The van der Waals surface area contributed by atoms with Crippen LogP contribution < -0.4 is 4.74 Å². The summed E-state index contributed by atoms with van der Waals surface area (Å²) >= 11 is 0. The number of esters is 1. The van der Waals surface area contributed by atoms with Crippen molar-refractivity contribution >= 4 is 11.7 Å². The monoisotopic (exact) mass is 335 g/mol. The van der Waals surface area contributed by atoms with Crippen molar-refractivity contribution in [2.75, 3.05) is 0 Å². The summed E-state index contributed by atoms with van der Waals surface area (Å²) in [4.78, 5) is 21.9. The number of non-ortho nitro benzene ring substituents is 1. The molecule has 0 atom stereocenters. The van der Waals surface area contributed by atoms with Gasteiger partial charge in [-0.3, -0.25) is 14.9 Å². The second-order valence-electron chi connectivity index (χ2n) is 5.74. The van der Waals surface area contributed by atoms with E-state index in [9.17, 15) is 14.9 Å². The molecule has 4 rings (SSSR count). The van der Waals surface area contributed by atoms with Gasteiger partial charge in [0.1, 0.15) is 5.69 Å². The number of hydrogen-bond donors (Lipinski definition) is 0. The van der Waals surface area contributed by atoms with Crippen molar-refractivity contribution < 1.29 is 14.5 Å². The molecule has 0 saturated carbocycles. The van der Waals surface area contributed by atoms with Crippen LogP contribution in [-0.2, 0) is 11.2 Å². The van der Waals surface area contributed by atoms with E-state index in [1.54, 1.807) is 16.8 Å². The average Bonchev–Trinajstić information content (AvgIpc) is 3.12. The van der Waals surface area contributed by atoms with Crippen molar-refractivity contribution in [1.29, 1.82) is 0 Å². The summed E-state index contributed by atoms with van der Waals surface area (Å²) in [5, 5.41) is 15.4. The van der Waals surface area contributed by atoms with Crippen molar-refractivity contribution in [3.8, 4) is 22.7 Å². The van der Waals surface area contributed by atoms with E-state index in [1.165, 1.54) is 19.1 Å². The number of carbonyl (C=O) groups is 1. The molecular weight excluding hydrogens is 322 g/mol. The van der Waals surface area contributed by atoms with Gasteiger partial charge in [0.2, 0.25) is 0 Å². The van der Waals surface area contributed by atoms with Gasteiger partial charge in [0.05, 0.1) is 16.3 Å². The van der Waals surface area contributed by atoms with Crippen molar-refractivity contribution in [2.45, 2.75) is 13.3 Å². The summed E-state index contributed by atoms with van der Waals surface area (Å²) in [6.07, 6.45) is 0.610. The van der Waals surface area contributed by atoms with Gasteiger partial charge >= 0.3 is 5.97 Å². The number of carbonyl (C=O) groups excluding carboxylic acids is 1. The molecule has 7 heteroatoms. The third-order valence-electron chi connectivity index (χ3n) is 4.11. The highest BCUT2D eigenvalue weighted by molar-refractivity contribution is 5.77. The van der Waals surface area contributed by atoms with Crippen LogP contribution in [0.4, 0.5) is 5.69 Å². The Morgan fingerprint density at radius 1 is 1.20 bits per heavy atom. The van der Waals surface area contributed by atoms with Crippen LogP contribution in [-0.4, -0.2) is 20.7 Å². The topological polar surface area (TPSA) is 87.3 Å². The number of ether oxygens (including phenoxy) is 1. The first-order valence-corrected chi connectivity index (χ1v) is 7.68. The Hall–Kier alpha value is -3.48. The normalized spacial score (nSPS) is 11.7. The second-order valence-corrected chi connectivity index (χ2v) is 5.74. The predicted molar refractivity (Wildman–Crippen MR) is 89.8 cm³/mol. The molecule has 0 fully saturated rings. The molecule has 0 bridgehead atoms. The number of benzene rings is 2. The molecule has 0 saturated heterocycles. The number of nitro benzene ring substituents is 1. The quantitative estimate of drug-likeness (QED) is 0.326. The molecule has 1 aliphatic heterocycles. The third kappa shape index (κ3) is 2.46. The first-order chi connectivity index (χ1) is 12.0. The Kier molecular flexibility index (Phi) is 3.35. The van der Waals surface area contributed by atoms with Crippen LogP contribution in [0.1, 0.15) is 18.2 Å². The molecule has 1 aliphatic rings. The number of rotatable bonds is 3. The van der Waals surface area contributed by atoms with Crippen LogP contribution in [0.5, 0.6) is 5.75 Å². The maximum absolute atomic E-state index is 11.6. The van der Waals surface area contributed by atoms with Crippen LogP contribution in [0.3, 0.4) is 0 Å². The van der Waals surface area contributed by atoms with Gasteiger partial charge in [-0.25, -0.2) is 4.68 Å². The fourth-order valence-corrected chi connectivity index (χ4v) is 3.02. The van der Waals surface area contributed by atoms with E-state index in [-0.39, 0.29) is 5.69 Å². The van der Waals surface area contributed by atoms with Gasteiger partial charge in [0, 0.05) is 31.0 Å². The molecule has 0 spiro atoms. The molecule has 0 amide bonds. The Morgan fingerprint density at radius 3 is 2.60 bits per heavy atom. The van der Waals surface area contributed by atoms with E-state index >= 15 is 0 Å². The molecule has 7 nitrogen and oxygen atoms in total. The molecule has 0 unspecified atom stereocenters. The minimum Gasteiger partial charge on any atom is -0.422 e. The molecule has 0 radical (unpaired) electrons. The van der Waals surface area contributed by atoms with Crippen LogP contribution in [0.2, 0.25) is 0 Å². The largest absolute Gasteiger partial charge is 0.422 e. The molecule has 124 valence electrons. The van der Waals surface area contributed by atoms with Crippen molar-refractivity contribution in [2.24, 2.45) is 0 Å². The molecular formula is C18H13N3O4. The Labute approximate surface area is 142 Å². The molecule has 3 aromatic rings. The minimum absolute atomic E-state index is 0.00474. The van der Waals surface area contributed by atoms with E-state index in [0.29, 0.717) is 23.4 Å². The van der Waals surface area contributed by atoms with Gasteiger partial charge in [-0.15, -0.1) is 0 Å². The SMILES string of the molecule is CC(=O)Oc1c(-c2ccc([N+](=O)[O-])cc2)nn2c1Cc1ccccc1-2. The Morgan fingerprint density at radius 2 is 1.92 bits per heavy atom. The third-order valence-corrected chi connectivity index (χ3v) is 4.11. The van der Waals surface area contributed by atoms with E-state index in [2.05, 4.69) is 5.10 Å². The highest BCUT2D eigenvalue weighted by atomic mass is 16.6. The Balaban J connectivity index is 1.86. The van der Waals surface area contributed by atoms with Gasteiger partial charge < -0.3 is 4.74 Å². The summed E-state index contributed by atoms with van der Waals surface area (Å²) in [6.45, 7) is 1.34. The molecule has 0 aliphatic carbocycles. The lowest BCUT2D eigenvalue weighted by atomic mass is 10.1. The van der Waals surface area contributed by atoms with Gasteiger partial charge in [-0.05, 0) is 23.8 Å². The smallest absolute Gasteiger partial charge is 0.308 e. The molecule has 25 heavy (non-hydrogen) atoms. The van der Waals surface area contributed by atoms with Crippen LogP contribution in [0, 0.1) is 10.1 Å². The highest BCUT2D eigenvalue weighted by Gasteiger charge is 2.29. The number of para-hydroxylation sites is 1. The summed E-state index contributed by atoms with van der Waals surface area (Å²) in [7, 11) is 0. The van der Waals surface area contributed by atoms with E-state index in [1.807, 2.05) is 24.3 Å². The van der Waals surface area contributed by atoms with Gasteiger partial charge in [-0.2, -0.15) is 5.10 Å². The zero-order valence-electron chi connectivity index (χ0n) is 13.3.